The molecule has 172 valence electrons. The molecule has 2 aliphatic carbocycles. The minimum atomic E-state index is -3.69. The van der Waals surface area contributed by atoms with E-state index >= 15 is 0 Å². The van der Waals surface area contributed by atoms with Crippen molar-refractivity contribution in [3.05, 3.63) is 88.3 Å². The van der Waals surface area contributed by atoms with E-state index in [1.807, 2.05) is 30.3 Å². The van der Waals surface area contributed by atoms with Gasteiger partial charge in [0.15, 0.2) is 0 Å². The molecule has 3 aromatic rings. The van der Waals surface area contributed by atoms with E-state index in [0.717, 1.165) is 41.2 Å². The fraction of sp³-hybridized carbons (Fsp3) is 0.346. The van der Waals surface area contributed by atoms with E-state index in [2.05, 4.69) is 18.2 Å². The molecule has 2 N–H and O–H groups in total. The Morgan fingerprint density at radius 3 is 2.30 bits per heavy atom. The fourth-order valence-electron chi connectivity index (χ4n) is 5.55. The Bertz CT molecular complexity index is 1240. The van der Waals surface area contributed by atoms with Gasteiger partial charge in [0.2, 0.25) is 0 Å². The van der Waals surface area contributed by atoms with Crippen molar-refractivity contribution in [1.82, 2.24) is 4.41 Å². The van der Waals surface area contributed by atoms with E-state index in [1.165, 1.54) is 22.5 Å². The summed E-state index contributed by atoms with van der Waals surface area (Å²) in [7, 11) is -3.69. The molecule has 33 heavy (non-hydrogen) atoms. The normalized spacial score (nSPS) is 22.2. The van der Waals surface area contributed by atoms with Crippen molar-refractivity contribution in [2.75, 3.05) is 0 Å². The van der Waals surface area contributed by atoms with E-state index in [4.69, 9.17) is 5.84 Å². The minimum absolute atomic E-state index is 0.186. The van der Waals surface area contributed by atoms with Crippen LogP contribution in [0.4, 0.5) is 0 Å². The first-order valence-corrected chi connectivity index (χ1v) is 13.7. The van der Waals surface area contributed by atoms with Gasteiger partial charge in [0.1, 0.15) is 9.99 Å². The Kier molecular flexibility index (Phi) is 6.22. The molecule has 5 nitrogen and oxygen atoms in total. The van der Waals surface area contributed by atoms with Gasteiger partial charge in [-0.15, -0.1) is 15.8 Å². The molecule has 0 aliphatic heterocycles. The van der Waals surface area contributed by atoms with Crippen molar-refractivity contribution in [1.29, 1.82) is 0 Å². The Hall–Kier alpha value is -2.32. The Labute approximate surface area is 199 Å². The molecule has 2 bridgehead atoms. The highest BCUT2D eigenvalue weighted by Crippen LogP contribution is 2.43. The molecule has 0 saturated heterocycles. The molecule has 1 heterocycles. The van der Waals surface area contributed by atoms with Crippen molar-refractivity contribution in [3.63, 3.8) is 0 Å². The number of rotatable bonds is 7. The average Bonchev–Trinajstić information content (AvgIpc) is 3.43. The predicted molar refractivity (Wildman–Crippen MR) is 130 cm³/mol. The summed E-state index contributed by atoms with van der Waals surface area (Å²) in [5.41, 5.74) is 4.56. The summed E-state index contributed by atoms with van der Waals surface area (Å²) in [6, 6.07) is 19.3. The lowest BCUT2D eigenvalue weighted by Crippen LogP contribution is -2.50. The number of hydrazine groups is 1. The minimum Gasteiger partial charge on any atom is -0.299 e. The molecule has 1 aromatic heterocycles. The second-order valence-electron chi connectivity index (χ2n) is 9.24. The molecule has 7 heteroatoms. The van der Waals surface area contributed by atoms with Crippen molar-refractivity contribution in [2.45, 2.75) is 48.8 Å². The van der Waals surface area contributed by atoms with Crippen LogP contribution in [0.25, 0.3) is 0 Å². The van der Waals surface area contributed by atoms with E-state index in [-0.39, 0.29) is 23.7 Å². The number of Topliss-reactive ketones (excluding diaryl/α,β-unsaturated/α-hetero) is 1. The summed E-state index contributed by atoms with van der Waals surface area (Å²) >= 11 is 1.20. The van der Waals surface area contributed by atoms with Gasteiger partial charge in [0.25, 0.3) is 10.0 Å². The SMILES string of the molecule is NN([C@H]1[C@@H]2CC[C@H]1Cc1ccc(CC(=O)Cc3ccccc3)cc1C2)S(=O)(=O)c1cccs1. The second-order valence-corrected chi connectivity index (χ2v) is 12.3. The molecule has 0 spiro atoms. The number of hydrogen-bond donors (Lipinski definition) is 1. The summed E-state index contributed by atoms with van der Waals surface area (Å²) < 4.78 is 27.6. The number of ketones is 1. The summed E-state index contributed by atoms with van der Waals surface area (Å²) in [4.78, 5) is 12.6. The van der Waals surface area contributed by atoms with Gasteiger partial charge in [-0.25, -0.2) is 8.42 Å². The zero-order chi connectivity index (χ0) is 23.0. The van der Waals surface area contributed by atoms with Crippen LogP contribution in [0.3, 0.4) is 0 Å². The molecular weight excluding hydrogens is 452 g/mol. The number of nitrogens with two attached hydrogens (primary N) is 1. The topological polar surface area (TPSA) is 80.5 Å². The van der Waals surface area contributed by atoms with Crippen LogP contribution in [-0.2, 0) is 40.5 Å². The highest BCUT2D eigenvalue weighted by Gasteiger charge is 2.45. The summed E-state index contributed by atoms with van der Waals surface area (Å²) in [5, 5.41) is 1.76. The van der Waals surface area contributed by atoms with Gasteiger partial charge < -0.3 is 0 Å². The van der Waals surface area contributed by atoms with Crippen molar-refractivity contribution in [2.24, 2.45) is 17.7 Å². The number of nitrogens with zero attached hydrogens (tertiary/aromatic N) is 1. The third-order valence-electron chi connectivity index (χ3n) is 7.08. The molecule has 5 rings (SSSR count). The number of carbonyl (C=O) groups is 1. The van der Waals surface area contributed by atoms with Crippen LogP contribution in [-0.4, -0.2) is 24.7 Å². The van der Waals surface area contributed by atoms with E-state index in [9.17, 15) is 13.2 Å². The Morgan fingerprint density at radius 1 is 0.909 bits per heavy atom. The van der Waals surface area contributed by atoms with Crippen molar-refractivity contribution >= 4 is 27.1 Å². The third kappa shape index (κ3) is 4.55. The van der Waals surface area contributed by atoms with Crippen LogP contribution < -0.4 is 5.84 Å². The molecule has 0 unspecified atom stereocenters. The largest absolute Gasteiger partial charge is 0.299 e. The number of thiophene rings is 1. The molecule has 1 fully saturated rings. The van der Waals surface area contributed by atoms with Gasteiger partial charge in [-0.05, 0) is 71.2 Å². The molecule has 3 atom stereocenters. The number of fused-ring (bicyclic) bond motifs is 3. The van der Waals surface area contributed by atoms with Crippen LogP contribution in [0.1, 0.15) is 35.1 Å². The van der Waals surface area contributed by atoms with Crippen LogP contribution >= 0.6 is 11.3 Å². The molecule has 0 radical (unpaired) electrons. The van der Waals surface area contributed by atoms with Crippen molar-refractivity contribution in [3.8, 4) is 0 Å². The molecule has 1 saturated carbocycles. The quantitative estimate of drug-likeness (QED) is 0.407. The van der Waals surface area contributed by atoms with Crippen LogP contribution in [0.5, 0.6) is 0 Å². The Balaban J connectivity index is 1.33. The summed E-state index contributed by atoms with van der Waals surface area (Å²) in [6.07, 6.45) is 4.43. The standard InChI is InChI=1S/C26H28N2O3S2/c27-28(33(30,31)25-7-4-12-32-25)26-21-10-11-22(26)17-23-13-19(8-9-20(23)16-21)15-24(29)14-18-5-2-1-3-6-18/h1-9,12-13,21-22,26H,10-11,14-17,27H2/t21-,22+,26+/m0/s1. The second kappa shape index (κ2) is 9.14. The van der Waals surface area contributed by atoms with Gasteiger partial charge in [0, 0.05) is 18.9 Å². The average molecular weight is 481 g/mol. The van der Waals surface area contributed by atoms with Crippen LogP contribution in [0, 0.1) is 11.8 Å². The molecule has 2 aliphatic rings. The number of carbonyl (C=O) groups excluding carboxylic acids is 1. The highest BCUT2D eigenvalue weighted by atomic mass is 32.2. The highest BCUT2D eigenvalue weighted by molar-refractivity contribution is 7.91. The van der Waals surface area contributed by atoms with Crippen LogP contribution in [0.2, 0.25) is 0 Å². The van der Waals surface area contributed by atoms with Gasteiger partial charge >= 0.3 is 0 Å². The van der Waals surface area contributed by atoms with E-state index in [0.29, 0.717) is 17.1 Å². The van der Waals surface area contributed by atoms with Gasteiger partial charge in [-0.1, -0.05) is 54.6 Å². The zero-order valence-corrected chi connectivity index (χ0v) is 20.0. The molecular formula is C26H28N2O3S2. The number of benzene rings is 2. The van der Waals surface area contributed by atoms with Crippen LogP contribution in [0.15, 0.2) is 70.3 Å². The van der Waals surface area contributed by atoms with Crippen molar-refractivity contribution < 1.29 is 13.2 Å². The summed E-state index contributed by atoms with van der Waals surface area (Å²) in [6.45, 7) is 0. The lowest BCUT2D eigenvalue weighted by Gasteiger charge is -2.30. The maximum Gasteiger partial charge on any atom is 0.265 e. The first-order chi connectivity index (χ1) is 15.9. The number of hydrogen-bond acceptors (Lipinski definition) is 5. The fourth-order valence-corrected chi connectivity index (χ4v) is 8.03. The molecule has 2 aromatic carbocycles. The smallest absolute Gasteiger partial charge is 0.265 e. The maximum atomic E-state index is 13.1. The third-order valence-corrected chi connectivity index (χ3v) is 10.1. The van der Waals surface area contributed by atoms with E-state index < -0.39 is 10.0 Å². The predicted octanol–water partition coefficient (Wildman–Crippen LogP) is 4.16. The summed E-state index contributed by atoms with van der Waals surface area (Å²) in [5.74, 6) is 6.91. The monoisotopic (exact) mass is 480 g/mol. The Morgan fingerprint density at radius 2 is 1.61 bits per heavy atom. The van der Waals surface area contributed by atoms with Gasteiger partial charge in [-0.2, -0.15) is 0 Å². The van der Waals surface area contributed by atoms with Gasteiger partial charge in [-0.3, -0.25) is 10.6 Å². The number of sulfonamides is 1. The van der Waals surface area contributed by atoms with E-state index in [1.54, 1.807) is 17.5 Å². The lowest BCUT2D eigenvalue weighted by molar-refractivity contribution is -0.117. The first kappa shape index (κ1) is 22.5. The lowest BCUT2D eigenvalue weighted by atomic mass is 9.91. The molecule has 0 amide bonds. The first-order valence-electron chi connectivity index (χ1n) is 11.4. The zero-order valence-electron chi connectivity index (χ0n) is 18.4. The van der Waals surface area contributed by atoms with Gasteiger partial charge in [0.05, 0.1) is 0 Å². The maximum absolute atomic E-state index is 13.1.